The molecule has 1 aromatic carbocycles. The Morgan fingerprint density at radius 3 is 2.52 bits per heavy atom. The summed E-state index contributed by atoms with van der Waals surface area (Å²) in [5.41, 5.74) is 2.18. The number of rotatable bonds is 8. The number of ether oxygens (including phenoxy) is 2. The number of carbonyl (C=O) groups excluding carboxylic acids is 1. The molecule has 0 bridgehead atoms. The standard InChI is InChI=1S/C15H16N2O7S/c1-2-22-12-5-3-4-6-13(12)23-10-14(18)17-16-9-11-7-8-15(24-11)25(19,20)21/h3-9H,2,10H2,1H3,(H,17,18)(H,19,20,21)/p-1. The van der Waals surface area contributed by atoms with Crippen LogP contribution in [0.1, 0.15) is 12.7 Å². The molecule has 2 aromatic rings. The van der Waals surface area contributed by atoms with E-state index in [-0.39, 0.29) is 12.4 Å². The van der Waals surface area contributed by atoms with Gasteiger partial charge >= 0.3 is 0 Å². The van der Waals surface area contributed by atoms with E-state index in [9.17, 15) is 17.8 Å². The van der Waals surface area contributed by atoms with Crippen molar-refractivity contribution in [2.24, 2.45) is 5.10 Å². The van der Waals surface area contributed by atoms with Gasteiger partial charge in [-0.05, 0) is 31.2 Å². The first-order valence-electron chi connectivity index (χ1n) is 7.12. The second-order valence-corrected chi connectivity index (χ2v) is 5.88. The maximum Gasteiger partial charge on any atom is 0.277 e. The Bertz CT molecular complexity index is 858. The lowest BCUT2D eigenvalue weighted by molar-refractivity contribution is -0.123. The molecule has 1 amide bonds. The molecule has 9 nitrogen and oxygen atoms in total. The zero-order valence-corrected chi connectivity index (χ0v) is 14.0. The minimum absolute atomic E-state index is 0.00247. The summed E-state index contributed by atoms with van der Waals surface area (Å²) in [6.07, 6.45) is 1.06. The van der Waals surface area contributed by atoms with E-state index >= 15 is 0 Å². The zero-order chi connectivity index (χ0) is 18.3. The Hall–Kier alpha value is -2.85. The summed E-state index contributed by atoms with van der Waals surface area (Å²) in [4.78, 5) is 11.7. The minimum atomic E-state index is -4.67. The fraction of sp³-hybridized carbons (Fsp3) is 0.200. The van der Waals surface area contributed by atoms with Gasteiger partial charge in [0.25, 0.3) is 5.91 Å². The van der Waals surface area contributed by atoms with Crippen molar-refractivity contribution in [2.75, 3.05) is 13.2 Å². The molecule has 0 atom stereocenters. The minimum Gasteiger partial charge on any atom is -0.742 e. The van der Waals surface area contributed by atoms with E-state index in [2.05, 4.69) is 10.5 Å². The van der Waals surface area contributed by atoms with Crippen LogP contribution in [0, 0.1) is 0 Å². The average molecular weight is 367 g/mol. The molecule has 25 heavy (non-hydrogen) atoms. The molecule has 0 aliphatic carbocycles. The van der Waals surface area contributed by atoms with Crippen LogP contribution in [0.15, 0.2) is 51.0 Å². The van der Waals surface area contributed by atoms with Gasteiger partial charge in [-0.3, -0.25) is 4.79 Å². The SMILES string of the molecule is CCOc1ccccc1OCC(=O)NN=Cc1ccc(S(=O)(=O)[O-])o1. The highest BCUT2D eigenvalue weighted by molar-refractivity contribution is 7.85. The number of hydrogen-bond donors (Lipinski definition) is 1. The van der Waals surface area contributed by atoms with Gasteiger partial charge in [-0.1, -0.05) is 12.1 Å². The van der Waals surface area contributed by atoms with Crippen LogP contribution in [0.25, 0.3) is 0 Å². The van der Waals surface area contributed by atoms with E-state index in [0.717, 1.165) is 12.3 Å². The summed E-state index contributed by atoms with van der Waals surface area (Å²) < 4.78 is 47.7. The monoisotopic (exact) mass is 367 g/mol. The number of hydrazone groups is 1. The van der Waals surface area contributed by atoms with Crippen molar-refractivity contribution in [3.8, 4) is 11.5 Å². The number of nitrogens with zero attached hydrogens (tertiary/aromatic N) is 1. The van der Waals surface area contributed by atoms with Gasteiger partial charge in [-0.25, -0.2) is 13.8 Å². The molecular weight excluding hydrogens is 352 g/mol. The molecule has 1 N–H and O–H groups in total. The lowest BCUT2D eigenvalue weighted by Crippen LogP contribution is -2.24. The van der Waals surface area contributed by atoms with Gasteiger partial charge in [0, 0.05) is 0 Å². The second kappa shape index (κ2) is 8.31. The Balaban J connectivity index is 1.86. The molecule has 0 radical (unpaired) electrons. The molecule has 0 aliphatic rings. The van der Waals surface area contributed by atoms with Crippen LogP contribution in [0.3, 0.4) is 0 Å². The van der Waals surface area contributed by atoms with Gasteiger partial charge in [0.15, 0.2) is 28.2 Å². The fourth-order valence-corrected chi connectivity index (χ4v) is 2.16. The van der Waals surface area contributed by atoms with Crippen molar-refractivity contribution in [3.63, 3.8) is 0 Å². The predicted octanol–water partition coefficient (Wildman–Crippen LogP) is 1.11. The molecule has 0 unspecified atom stereocenters. The largest absolute Gasteiger partial charge is 0.742 e. The molecule has 10 heteroatoms. The molecule has 1 heterocycles. The maximum atomic E-state index is 11.7. The number of amides is 1. The van der Waals surface area contributed by atoms with E-state index in [1.165, 1.54) is 6.07 Å². The Kier molecular flexibility index (Phi) is 6.14. The number of carbonyl (C=O) groups is 1. The number of hydrogen-bond acceptors (Lipinski definition) is 8. The van der Waals surface area contributed by atoms with Gasteiger partial charge in [-0.15, -0.1) is 0 Å². The van der Waals surface area contributed by atoms with Crippen LogP contribution in [0.4, 0.5) is 0 Å². The highest BCUT2D eigenvalue weighted by atomic mass is 32.2. The number of furan rings is 1. The molecule has 134 valence electrons. The van der Waals surface area contributed by atoms with E-state index < -0.39 is 21.1 Å². The third-order valence-electron chi connectivity index (χ3n) is 2.74. The van der Waals surface area contributed by atoms with Crippen LogP contribution in [-0.2, 0) is 14.9 Å². The summed E-state index contributed by atoms with van der Waals surface area (Å²) in [6, 6.07) is 9.13. The van der Waals surface area contributed by atoms with Crippen LogP contribution < -0.4 is 14.9 Å². The number of benzene rings is 1. The third kappa shape index (κ3) is 5.62. The lowest BCUT2D eigenvalue weighted by Gasteiger charge is -2.10. The van der Waals surface area contributed by atoms with Gasteiger partial charge in [-0.2, -0.15) is 5.10 Å². The highest BCUT2D eigenvalue weighted by Gasteiger charge is 2.08. The van der Waals surface area contributed by atoms with Crippen LogP contribution in [-0.4, -0.2) is 38.3 Å². The molecule has 0 spiro atoms. The summed E-state index contributed by atoms with van der Waals surface area (Å²) in [5.74, 6) is 0.381. The van der Waals surface area contributed by atoms with Crippen molar-refractivity contribution >= 4 is 22.2 Å². The number of para-hydroxylation sites is 2. The summed E-state index contributed by atoms with van der Waals surface area (Å²) in [5, 5.41) is 2.86. The highest BCUT2D eigenvalue weighted by Crippen LogP contribution is 2.26. The smallest absolute Gasteiger partial charge is 0.277 e. The van der Waals surface area contributed by atoms with Gasteiger partial charge in [0.05, 0.1) is 12.8 Å². The maximum absolute atomic E-state index is 11.7. The molecule has 0 saturated carbocycles. The predicted molar refractivity (Wildman–Crippen MR) is 85.5 cm³/mol. The van der Waals surface area contributed by atoms with Crippen molar-refractivity contribution in [3.05, 3.63) is 42.2 Å². The Morgan fingerprint density at radius 1 is 1.24 bits per heavy atom. The normalized spacial score (nSPS) is 11.4. The van der Waals surface area contributed by atoms with Gasteiger partial charge in [0.2, 0.25) is 5.09 Å². The van der Waals surface area contributed by atoms with Crippen LogP contribution >= 0.6 is 0 Å². The Labute approximate surface area is 144 Å². The second-order valence-electron chi connectivity index (χ2n) is 4.57. The first kappa shape index (κ1) is 18.5. The molecule has 0 saturated heterocycles. The van der Waals surface area contributed by atoms with Crippen molar-refractivity contribution in [1.82, 2.24) is 5.43 Å². The van der Waals surface area contributed by atoms with Crippen molar-refractivity contribution in [2.45, 2.75) is 12.0 Å². The first-order valence-corrected chi connectivity index (χ1v) is 8.53. The quantitative estimate of drug-likeness (QED) is 0.420. The first-order chi connectivity index (χ1) is 11.9. The molecular formula is C15H15N2O7S-. The third-order valence-corrected chi connectivity index (χ3v) is 3.45. The molecule has 1 aromatic heterocycles. The number of nitrogens with one attached hydrogen (secondary N) is 1. The van der Waals surface area contributed by atoms with Crippen molar-refractivity contribution in [1.29, 1.82) is 0 Å². The van der Waals surface area contributed by atoms with E-state index in [4.69, 9.17) is 13.9 Å². The molecule has 0 fully saturated rings. The van der Waals surface area contributed by atoms with Gasteiger partial charge < -0.3 is 18.4 Å². The van der Waals surface area contributed by atoms with Crippen molar-refractivity contribution < 1.29 is 31.7 Å². The average Bonchev–Trinajstić information content (AvgIpc) is 3.03. The van der Waals surface area contributed by atoms with E-state index in [1.54, 1.807) is 24.3 Å². The molecule has 2 rings (SSSR count). The Morgan fingerprint density at radius 2 is 1.92 bits per heavy atom. The fourth-order valence-electron chi connectivity index (χ4n) is 1.73. The van der Waals surface area contributed by atoms with E-state index in [0.29, 0.717) is 18.1 Å². The van der Waals surface area contributed by atoms with Crippen LogP contribution in [0.2, 0.25) is 0 Å². The zero-order valence-electron chi connectivity index (χ0n) is 13.2. The summed E-state index contributed by atoms with van der Waals surface area (Å²) >= 11 is 0. The summed E-state index contributed by atoms with van der Waals surface area (Å²) in [7, 11) is -4.67. The lowest BCUT2D eigenvalue weighted by atomic mass is 10.3. The van der Waals surface area contributed by atoms with Gasteiger partial charge in [0.1, 0.15) is 5.76 Å². The topological polar surface area (TPSA) is 130 Å². The summed E-state index contributed by atoms with van der Waals surface area (Å²) in [6.45, 7) is 1.98. The van der Waals surface area contributed by atoms with E-state index in [1.807, 2.05) is 6.92 Å². The van der Waals surface area contributed by atoms with Crippen LogP contribution in [0.5, 0.6) is 11.5 Å². The molecule has 0 aliphatic heterocycles.